The molecular formula is C10H11ClN2O. The van der Waals surface area contributed by atoms with Crippen molar-refractivity contribution in [1.82, 2.24) is 0 Å². The molecule has 74 valence electrons. The van der Waals surface area contributed by atoms with Gasteiger partial charge in [0.1, 0.15) is 5.92 Å². The molecule has 1 atom stereocenters. The van der Waals surface area contributed by atoms with Gasteiger partial charge in [-0.15, -0.1) is 12.4 Å². The van der Waals surface area contributed by atoms with Crippen LogP contribution in [0, 0.1) is 16.7 Å². The first-order chi connectivity index (χ1) is 6.29. The SMILES string of the molecule is COC(=N)C(C#N)c1ccccc1.Cl. The van der Waals surface area contributed by atoms with E-state index in [0.29, 0.717) is 0 Å². The third-order valence-electron chi connectivity index (χ3n) is 1.74. The average Bonchev–Trinajstić information content (AvgIpc) is 2.20. The smallest absolute Gasteiger partial charge is 0.202 e. The van der Waals surface area contributed by atoms with E-state index in [1.165, 1.54) is 7.11 Å². The topological polar surface area (TPSA) is 56.9 Å². The Kier molecular flexibility index (Phi) is 5.35. The van der Waals surface area contributed by atoms with Gasteiger partial charge in [0.15, 0.2) is 0 Å². The zero-order chi connectivity index (χ0) is 9.68. The molecule has 0 fully saturated rings. The summed E-state index contributed by atoms with van der Waals surface area (Å²) >= 11 is 0. The Morgan fingerprint density at radius 1 is 1.43 bits per heavy atom. The Bertz CT molecular complexity index is 332. The number of hydrogen-bond acceptors (Lipinski definition) is 3. The number of nitrogens with one attached hydrogen (secondary N) is 1. The first-order valence-corrected chi connectivity index (χ1v) is 3.86. The molecule has 0 radical (unpaired) electrons. The Balaban J connectivity index is 0.00000169. The summed E-state index contributed by atoms with van der Waals surface area (Å²) in [6, 6.07) is 11.2. The van der Waals surface area contributed by atoms with Gasteiger partial charge in [0, 0.05) is 0 Å². The summed E-state index contributed by atoms with van der Waals surface area (Å²) in [5.41, 5.74) is 0.789. The molecule has 0 heterocycles. The summed E-state index contributed by atoms with van der Waals surface area (Å²) < 4.78 is 4.72. The highest BCUT2D eigenvalue weighted by molar-refractivity contribution is 5.85. The van der Waals surface area contributed by atoms with Crippen LogP contribution in [0.4, 0.5) is 0 Å². The van der Waals surface area contributed by atoms with Crippen molar-refractivity contribution in [1.29, 1.82) is 10.7 Å². The Labute approximate surface area is 89.2 Å². The summed E-state index contributed by atoms with van der Waals surface area (Å²) in [6.07, 6.45) is 0. The van der Waals surface area contributed by atoms with Gasteiger partial charge < -0.3 is 4.74 Å². The maximum absolute atomic E-state index is 8.81. The first kappa shape index (κ1) is 12.5. The predicted molar refractivity (Wildman–Crippen MR) is 56.8 cm³/mol. The molecule has 4 heteroatoms. The molecule has 0 aliphatic heterocycles. The fourth-order valence-corrected chi connectivity index (χ4v) is 1.05. The average molecular weight is 211 g/mol. The van der Waals surface area contributed by atoms with E-state index >= 15 is 0 Å². The van der Waals surface area contributed by atoms with Gasteiger partial charge in [-0.3, -0.25) is 5.41 Å². The molecule has 0 aliphatic rings. The number of benzene rings is 1. The fraction of sp³-hybridized carbons (Fsp3) is 0.200. The number of nitriles is 1. The third kappa shape index (κ3) is 2.75. The Morgan fingerprint density at radius 3 is 2.43 bits per heavy atom. The molecule has 1 aromatic rings. The van der Waals surface area contributed by atoms with Crippen LogP contribution in [0.1, 0.15) is 11.5 Å². The van der Waals surface area contributed by atoms with E-state index in [0.717, 1.165) is 5.56 Å². The lowest BCUT2D eigenvalue weighted by Crippen LogP contribution is -2.11. The highest BCUT2D eigenvalue weighted by Crippen LogP contribution is 2.15. The highest BCUT2D eigenvalue weighted by Gasteiger charge is 2.16. The van der Waals surface area contributed by atoms with Crippen LogP contribution in [0.3, 0.4) is 0 Å². The molecule has 1 aromatic carbocycles. The Hall–Kier alpha value is -1.53. The van der Waals surface area contributed by atoms with Crippen molar-refractivity contribution in [3.63, 3.8) is 0 Å². The predicted octanol–water partition coefficient (Wildman–Crippen LogP) is 2.34. The highest BCUT2D eigenvalue weighted by atomic mass is 35.5. The van der Waals surface area contributed by atoms with E-state index in [2.05, 4.69) is 0 Å². The lowest BCUT2D eigenvalue weighted by atomic mass is 10.0. The van der Waals surface area contributed by atoms with Crippen molar-refractivity contribution in [3.05, 3.63) is 35.9 Å². The molecule has 14 heavy (non-hydrogen) atoms. The van der Waals surface area contributed by atoms with Gasteiger partial charge in [0.05, 0.1) is 13.2 Å². The van der Waals surface area contributed by atoms with E-state index in [9.17, 15) is 0 Å². The molecular weight excluding hydrogens is 200 g/mol. The monoisotopic (exact) mass is 210 g/mol. The summed E-state index contributed by atoms with van der Waals surface area (Å²) in [6.45, 7) is 0. The van der Waals surface area contributed by atoms with Gasteiger partial charge in [-0.1, -0.05) is 30.3 Å². The zero-order valence-electron chi connectivity index (χ0n) is 7.73. The van der Waals surface area contributed by atoms with Gasteiger partial charge in [-0.25, -0.2) is 0 Å². The van der Waals surface area contributed by atoms with Crippen LogP contribution in [0.25, 0.3) is 0 Å². The van der Waals surface area contributed by atoms with Gasteiger partial charge in [0.25, 0.3) is 0 Å². The van der Waals surface area contributed by atoms with E-state index in [1.54, 1.807) is 12.1 Å². The van der Waals surface area contributed by atoms with E-state index in [-0.39, 0.29) is 18.3 Å². The maximum atomic E-state index is 8.81. The largest absolute Gasteiger partial charge is 0.483 e. The minimum atomic E-state index is -0.591. The van der Waals surface area contributed by atoms with Crippen LogP contribution in [-0.2, 0) is 4.74 Å². The van der Waals surface area contributed by atoms with E-state index in [4.69, 9.17) is 15.4 Å². The van der Waals surface area contributed by atoms with Crippen molar-refractivity contribution in [2.24, 2.45) is 0 Å². The van der Waals surface area contributed by atoms with Crippen LogP contribution in [0.15, 0.2) is 30.3 Å². The van der Waals surface area contributed by atoms with Crippen molar-refractivity contribution in [3.8, 4) is 6.07 Å². The number of rotatable bonds is 2. The minimum Gasteiger partial charge on any atom is -0.483 e. The molecule has 0 spiro atoms. The maximum Gasteiger partial charge on any atom is 0.202 e. The fourth-order valence-electron chi connectivity index (χ4n) is 1.05. The molecule has 0 aliphatic carbocycles. The van der Waals surface area contributed by atoms with Crippen molar-refractivity contribution in [2.45, 2.75) is 5.92 Å². The van der Waals surface area contributed by atoms with Gasteiger partial charge in [0.2, 0.25) is 5.90 Å². The number of hydrogen-bond donors (Lipinski definition) is 1. The second-order valence-corrected chi connectivity index (χ2v) is 2.54. The molecule has 0 saturated heterocycles. The van der Waals surface area contributed by atoms with Crippen molar-refractivity contribution >= 4 is 18.3 Å². The number of methoxy groups -OCH3 is 1. The lowest BCUT2D eigenvalue weighted by Gasteiger charge is -2.08. The zero-order valence-corrected chi connectivity index (χ0v) is 8.54. The number of nitrogens with zero attached hydrogens (tertiary/aromatic N) is 1. The Morgan fingerprint density at radius 2 is 2.00 bits per heavy atom. The first-order valence-electron chi connectivity index (χ1n) is 3.86. The van der Waals surface area contributed by atoms with Crippen LogP contribution in [-0.4, -0.2) is 13.0 Å². The quantitative estimate of drug-likeness (QED) is 0.602. The van der Waals surface area contributed by atoms with E-state index < -0.39 is 5.92 Å². The molecule has 0 saturated carbocycles. The van der Waals surface area contributed by atoms with Crippen LogP contribution in [0.5, 0.6) is 0 Å². The molecule has 3 nitrogen and oxygen atoms in total. The second-order valence-electron chi connectivity index (χ2n) is 2.54. The molecule has 0 aromatic heterocycles. The van der Waals surface area contributed by atoms with Gasteiger partial charge in [-0.05, 0) is 5.56 Å². The number of ether oxygens (including phenoxy) is 1. The lowest BCUT2D eigenvalue weighted by molar-refractivity contribution is 0.385. The molecule has 1 unspecified atom stereocenters. The molecule has 1 N–H and O–H groups in total. The van der Waals surface area contributed by atoms with Crippen LogP contribution < -0.4 is 0 Å². The van der Waals surface area contributed by atoms with Gasteiger partial charge >= 0.3 is 0 Å². The van der Waals surface area contributed by atoms with Gasteiger partial charge in [-0.2, -0.15) is 5.26 Å². The third-order valence-corrected chi connectivity index (χ3v) is 1.74. The van der Waals surface area contributed by atoms with Crippen LogP contribution >= 0.6 is 12.4 Å². The summed E-state index contributed by atoms with van der Waals surface area (Å²) in [5.74, 6) is -0.611. The minimum absolute atomic E-state index is 0. The molecule has 0 bridgehead atoms. The van der Waals surface area contributed by atoms with Crippen LogP contribution in [0.2, 0.25) is 0 Å². The summed E-state index contributed by atoms with van der Waals surface area (Å²) in [5, 5.41) is 16.2. The van der Waals surface area contributed by atoms with Crippen molar-refractivity contribution < 1.29 is 4.74 Å². The summed E-state index contributed by atoms with van der Waals surface area (Å²) in [7, 11) is 1.40. The number of halogens is 1. The van der Waals surface area contributed by atoms with E-state index in [1.807, 2.05) is 24.3 Å². The molecule has 1 rings (SSSR count). The normalized spacial score (nSPS) is 10.6. The molecule has 0 amide bonds. The van der Waals surface area contributed by atoms with Crippen molar-refractivity contribution in [2.75, 3.05) is 7.11 Å². The second kappa shape index (κ2) is 6.01. The summed E-state index contributed by atoms with van der Waals surface area (Å²) in [4.78, 5) is 0. The standard InChI is InChI=1S/C10H10N2O.ClH/c1-13-10(12)9(7-11)8-5-3-2-4-6-8;/h2-6,9,12H,1H3;1H.